The van der Waals surface area contributed by atoms with E-state index in [1.165, 1.54) is 18.2 Å². The first-order valence-electron chi connectivity index (χ1n) is 6.20. The second-order valence-electron chi connectivity index (χ2n) is 4.27. The van der Waals surface area contributed by atoms with Crippen LogP contribution in [0.5, 0.6) is 5.75 Å². The van der Waals surface area contributed by atoms with Crippen LogP contribution in [0.4, 0.5) is 4.39 Å². The van der Waals surface area contributed by atoms with Gasteiger partial charge in [0.1, 0.15) is 35.9 Å². The lowest BCUT2D eigenvalue weighted by Crippen LogP contribution is -1.96. The van der Waals surface area contributed by atoms with Crippen LogP contribution in [0.3, 0.4) is 0 Å². The van der Waals surface area contributed by atoms with Gasteiger partial charge in [-0.15, -0.1) is 0 Å². The molecule has 0 aliphatic carbocycles. The maximum absolute atomic E-state index is 13.0. The average molecular weight is 278 g/mol. The third-order valence-electron chi connectivity index (χ3n) is 2.70. The van der Waals surface area contributed by atoms with E-state index in [0.29, 0.717) is 5.75 Å². The van der Waals surface area contributed by atoms with E-state index in [1.807, 2.05) is 30.3 Å². The van der Waals surface area contributed by atoms with Crippen LogP contribution in [0.1, 0.15) is 11.1 Å². The van der Waals surface area contributed by atoms with Gasteiger partial charge in [-0.2, -0.15) is 10.5 Å². The van der Waals surface area contributed by atoms with E-state index in [2.05, 4.69) is 0 Å². The number of ether oxygens (including phenoxy) is 1. The van der Waals surface area contributed by atoms with Crippen LogP contribution < -0.4 is 4.74 Å². The fourth-order valence-electron chi connectivity index (χ4n) is 1.75. The third-order valence-corrected chi connectivity index (χ3v) is 2.70. The largest absolute Gasteiger partial charge is 0.489 e. The molecular formula is C17H11FN2O. The molecular weight excluding hydrogens is 267 g/mol. The Labute approximate surface area is 122 Å². The van der Waals surface area contributed by atoms with Crippen molar-refractivity contribution >= 4 is 6.08 Å². The Morgan fingerprint density at radius 1 is 1.10 bits per heavy atom. The van der Waals surface area contributed by atoms with Gasteiger partial charge in [-0.3, -0.25) is 0 Å². The molecule has 0 spiro atoms. The molecule has 0 aliphatic rings. The molecule has 0 bridgehead atoms. The first kappa shape index (κ1) is 14.3. The number of hydrogen-bond acceptors (Lipinski definition) is 3. The predicted octanol–water partition coefficient (Wildman–Crippen LogP) is 3.84. The van der Waals surface area contributed by atoms with Crippen LogP contribution in [-0.4, -0.2) is 0 Å². The Morgan fingerprint density at radius 3 is 2.57 bits per heavy atom. The molecule has 4 heteroatoms. The second-order valence-corrected chi connectivity index (χ2v) is 4.27. The molecule has 21 heavy (non-hydrogen) atoms. The van der Waals surface area contributed by atoms with Gasteiger partial charge in [-0.05, 0) is 35.4 Å². The van der Waals surface area contributed by atoms with Crippen LogP contribution in [0.25, 0.3) is 6.08 Å². The quantitative estimate of drug-likeness (QED) is 0.798. The summed E-state index contributed by atoms with van der Waals surface area (Å²) in [5.41, 5.74) is 1.65. The lowest BCUT2D eigenvalue weighted by Gasteiger charge is -2.07. The molecule has 2 rings (SSSR count). The van der Waals surface area contributed by atoms with Crippen molar-refractivity contribution < 1.29 is 9.13 Å². The van der Waals surface area contributed by atoms with Crippen molar-refractivity contribution in [3.05, 3.63) is 71.0 Å². The summed E-state index contributed by atoms with van der Waals surface area (Å²) in [6.45, 7) is 0.277. The van der Waals surface area contributed by atoms with Gasteiger partial charge in [0.25, 0.3) is 0 Å². The number of nitriles is 2. The highest BCUT2D eigenvalue weighted by atomic mass is 19.1. The standard InChI is InChI=1S/C17H11FN2O/c18-16-5-2-6-17(9-16)21-12-14-4-1-3-13(7-14)8-15(10-19)11-20/h1-9H,12H2. The van der Waals surface area contributed by atoms with Crippen LogP contribution in [-0.2, 0) is 6.61 Å². The Kier molecular flexibility index (Phi) is 4.69. The molecule has 3 nitrogen and oxygen atoms in total. The summed E-state index contributed by atoms with van der Waals surface area (Å²) in [4.78, 5) is 0. The highest BCUT2D eigenvalue weighted by Crippen LogP contribution is 2.15. The summed E-state index contributed by atoms with van der Waals surface area (Å²) in [7, 11) is 0. The normalized spacial score (nSPS) is 9.29. The number of nitrogens with zero attached hydrogens (tertiary/aromatic N) is 2. The first-order valence-corrected chi connectivity index (χ1v) is 6.20. The summed E-state index contributed by atoms with van der Waals surface area (Å²) in [5, 5.41) is 17.5. The summed E-state index contributed by atoms with van der Waals surface area (Å²) in [5.74, 6) is 0.0996. The van der Waals surface area contributed by atoms with Crippen molar-refractivity contribution in [3.63, 3.8) is 0 Å². The second kappa shape index (κ2) is 6.88. The first-order chi connectivity index (χ1) is 10.2. The minimum absolute atomic E-state index is 0.0400. The zero-order valence-corrected chi connectivity index (χ0v) is 11.1. The molecule has 0 saturated carbocycles. The van der Waals surface area contributed by atoms with Crippen molar-refractivity contribution in [3.8, 4) is 17.9 Å². The lowest BCUT2D eigenvalue weighted by molar-refractivity contribution is 0.304. The molecule has 2 aromatic carbocycles. The molecule has 2 aromatic rings. The highest BCUT2D eigenvalue weighted by Gasteiger charge is 2.00. The predicted molar refractivity (Wildman–Crippen MR) is 76.4 cm³/mol. The number of benzene rings is 2. The van der Waals surface area contributed by atoms with Crippen molar-refractivity contribution in [1.29, 1.82) is 10.5 Å². The molecule has 0 radical (unpaired) electrons. The Morgan fingerprint density at radius 2 is 1.86 bits per heavy atom. The fourth-order valence-corrected chi connectivity index (χ4v) is 1.75. The lowest BCUT2D eigenvalue weighted by atomic mass is 10.1. The minimum Gasteiger partial charge on any atom is -0.489 e. The van der Waals surface area contributed by atoms with Crippen molar-refractivity contribution in [2.24, 2.45) is 0 Å². The Balaban J connectivity index is 2.10. The molecule has 0 saturated heterocycles. The van der Waals surface area contributed by atoms with E-state index < -0.39 is 0 Å². The fraction of sp³-hybridized carbons (Fsp3) is 0.0588. The number of allylic oxidation sites excluding steroid dienone is 1. The van der Waals surface area contributed by atoms with Crippen molar-refractivity contribution in [2.75, 3.05) is 0 Å². The van der Waals surface area contributed by atoms with Gasteiger partial charge in [0, 0.05) is 6.07 Å². The summed E-state index contributed by atoms with van der Waals surface area (Å²) in [6, 6.07) is 16.8. The van der Waals surface area contributed by atoms with E-state index in [4.69, 9.17) is 15.3 Å². The zero-order valence-electron chi connectivity index (χ0n) is 11.1. The monoisotopic (exact) mass is 278 g/mol. The maximum atomic E-state index is 13.0. The molecule has 0 aromatic heterocycles. The van der Waals surface area contributed by atoms with Gasteiger partial charge >= 0.3 is 0 Å². The topological polar surface area (TPSA) is 56.8 Å². The van der Waals surface area contributed by atoms with Gasteiger partial charge in [0.15, 0.2) is 0 Å². The number of rotatable bonds is 4. The molecule has 0 heterocycles. The smallest absolute Gasteiger partial charge is 0.130 e. The SMILES string of the molecule is N#CC(C#N)=Cc1cccc(COc2cccc(F)c2)c1. The summed E-state index contributed by atoms with van der Waals surface area (Å²) in [6.07, 6.45) is 1.51. The van der Waals surface area contributed by atoms with Crippen LogP contribution >= 0.6 is 0 Å². The van der Waals surface area contributed by atoms with E-state index in [1.54, 1.807) is 18.2 Å². The molecule has 0 unspecified atom stereocenters. The van der Waals surface area contributed by atoms with Crippen LogP contribution in [0, 0.1) is 28.5 Å². The highest BCUT2D eigenvalue weighted by molar-refractivity contribution is 5.62. The van der Waals surface area contributed by atoms with Gasteiger partial charge in [0.05, 0.1) is 0 Å². The van der Waals surface area contributed by atoms with Gasteiger partial charge in [-0.1, -0.05) is 24.3 Å². The van der Waals surface area contributed by atoms with Crippen LogP contribution in [0.2, 0.25) is 0 Å². The molecule has 0 amide bonds. The summed E-state index contributed by atoms with van der Waals surface area (Å²) >= 11 is 0. The number of hydrogen-bond donors (Lipinski definition) is 0. The van der Waals surface area contributed by atoms with Gasteiger partial charge in [-0.25, -0.2) is 4.39 Å². The van der Waals surface area contributed by atoms with Crippen molar-refractivity contribution in [1.82, 2.24) is 0 Å². The average Bonchev–Trinajstić information content (AvgIpc) is 2.51. The molecule has 0 N–H and O–H groups in total. The van der Waals surface area contributed by atoms with Crippen molar-refractivity contribution in [2.45, 2.75) is 6.61 Å². The summed E-state index contributed by atoms with van der Waals surface area (Å²) < 4.78 is 18.5. The maximum Gasteiger partial charge on any atom is 0.130 e. The molecule has 0 fully saturated rings. The Hall–Kier alpha value is -3.11. The van der Waals surface area contributed by atoms with Gasteiger partial charge < -0.3 is 4.74 Å². The molecule has 0 atom stereocenters. The van der Waals surface area contributed by atoms with Crippen LogP contribution in [0.15, 0.2) is 54.1 Å². The zero-order chi connectivity index (χ0) is 15.1. The van der Waals surface area contributed by atoms with Gasteiger partial charge in [0.2, 0.25) is 0 Å². The number of halogens is 1. The van der Waals surface area contributed by atoms with E-state index in [0.717, 1.165) is 11.1 Å². The minimum atomic E-state index is -0.350. The molecule has 102 valence electrons. The molecule has 0 aliphatic heterocycles. The Bertz CT molecular complexity index is 738. The van der Waals surface area contributed by atoms with E-state index in [9.17, 15) is 4.39 Å². The third kappa shape index (κ3) is 4.19. The van der Waals surface area contributed by atoms with E-state index in [-0.39, 0.29) is 18.0 Å². The van der Waals surface area contributed by atoms with E-state index >= 15 is 0 Å².